The van der Waals surface area contributed by atoms with Gasteiger partial charge in [0, 0.05) is 12.6 Å². The molecule has 33 heavy (non-hydrogen) atoms. The highest BCUT2D eigenvalue weighted by Gasteiger charge is 2.49. The number of ether oxygens (including phenoxy) is 1. The van der Waals surface area contributed by atoms with Crippen LogP contribution in [-0.2, 0) is 14.3 Å². The monoisotopic (exact) mass is 450 g/mol. The van der Waals surface area contributed by atoms with Crippen LogP contribution in [0.4, 0.5) is 11.6 Å². The van der Waals surface area contributed by atoms with E-state index in [0.29, 0.717) is 35.9 Å². The van der Waals surface area contributed by atoms with E-state index in [4.69, 9.17) is 9.72 Å². The van der Waals surface area contributed by atoms with Crippen LogP contribution in [-0.4, -0.2) is 39.5 Å². The van der Waals surface area contributed by atoms with Gasteiger partial charge in [-0.15, -0.1) is 0 Å². The van der Waals surface area contributed by atoms with Crippen LogP contribution in [0.15, 0.2) is 48.5 Å². The van der Waals surface area contributed by atoms with Gasteiger partial charge in [0.1, 0.15) is 0 Å². The van der Waals surface area contributed by atoms with Crippen molar-refractivity contribution in [2.24, 2.45) is 11.8 Å². The number of rotatable bonds is 7. The summed E-state index contributed by atoms with van der Waals surface area (Å²) in [5.74, 6) is -1.73. The normalized spacial score (nSPS) is 17.9. The van der Waals surface area contributed by atoms with Crippen molar-refractivity contribution in [3.8, 4) is 0 Å². The number of esters is 1. The van der Waals surface area contributed by atoms with Crippen molar-refractivity contribution >= 4 is 34.5 Å². The molecule has 0 bridgehead atoms. The minimum absolute atomic E-state index is 0.0930. The number of carbonyl (C=O) groups is 2. The Labute approximate surface area is 191 Å². The first-order chi connectivity index (χ1) is 15.8. The Morgan fingerprint density at radius 3 is 2.58 bits per heavy atom. The van der Waals surface area contributed by atoms with Gasteiger partial charge in [-0.05, 0) is 31.4 Å². The molecule has 0 fully saturated rings. The number of para-hydroxylation sites is 3. The summed E-state index contributed by atoms with van der Waals surface area (Å²) in [6.07, 6.45) is 0.709. The second kappa shape index (κ2) is 9.01. The van der Waals surface area contributed by atoms with Gasteiger partial charge in [-0.2, -0.15) is 0 Å². The molecule has 2 atom stereocenters. The molecule has 3 aromatic rings. The number of amides is 1. The lowest BCUT2D eigenvalue weighted by atomic mass is 9.88. The van der Waals surface area contributed by atoms with Gasteiger partial charge in [-0.3, -0.25) is 24.6 Å². The highest BCUT2D eigenvalue weighted by Crippen LogP contribution is 2.43. The van der Waals surface area contributed by atoms with Gasteiger partial charge in [0.15, 0.2) is 5.92 Å². The molecule has 0 spiro atoms. The number of fused-ring (bicyclic) bond motifs is 3. The minimum Gasteiger partial charge on any atom is -0.465 e. The molecule has 0 aliphatic carbocycles. The van der Waals surface area contributed by atoms with Crippen LogP contribution in [0.1, 0.15) is 38.8 Å². The molecule has 2 aromatic carbocycles. The number of nitro benzene ring substituents is 1. The number of imidazole rings is 1. The van der Waals surface area contributed by atoms with E-state index < -0.39 is 28.8 Å². The van der Waals surface area contributed by atoms with Gasteiger partial charge in [0.05, 0.1) is 34.2 Å². The highest BCUT2D eigenvalue weighted by molar-refractivity contribution is 6.08. The Balaban J connectivity index is 2.02. The van der Waals surface area contributed by atoms with Crippen molar-refractivity contribution in [3.63, 3.8) is 0 Å². The van der Waals surface area contributed by atoms with Gasteiger partial charge in [0.25, 0.3) is 5.69 Å². The summed E-state index contributed by atoms with van der Waals surface area (Å²) in [5, 5.41) is 11.9. The van der Waals surface area contributed by atoms with Gasteiger partial charge in [-0.25, -0.2) is 4.98 Å². The molecule has 172 valence electrons. The maximum atomic E-state index is 13.8. The molecule has 1 aromatic heterocycles. The first-order valence-electron chi connectivity index (χ1n) is 11.0. The second-order valence-corrected chi connectivity index (χ2v) is 8.43. The molecule has 0 radical (unpaired) electrons. The molecule has 1 amide bonds. The fourth-order valence-corrected chi connectivity index (χ4v) is 4.33. The zero-order valence-electron chi connectivity index (χ0n) is 18.8. The summed E-state index contributed by atoms with van der Waals surface area (Å²) in [4.78, 5) is 44.5. The van der Waals surface area contributed by atoms with E-state index >= 15 is 0 Å². The van der Waals surface area contributed by atoms with E-state index in [2.05, 4.69) is 13.8 Å². The third-order valence-electron chi connectivity index (χ3n) is 5.87. The fraction of sp³-hybridized carbons (Fsp3) is 0.375. The van der Waals surface area contributed by atoms with Crippen molar-refractivity contribution in [1.29, 1.82) is 0 Å². The lowest BCUT2D eigenvalue weighted by Crippen LogP contribution is -2.50. The van der Waals surface area contributed by atoms with E-state index in [0.717, 1.165) is 0 Å². The van der Waals surface area contributed by atoms with Crippen molar-refractivity contribution in [1.82, 2.24) is 9.55 Å². The van der Waals surface area contributed by atoms with Crippen LogP contribution < -0.4 is 4.90 Å². The molecule has 2 heterocycles. The zero-order chi connectivity index (χ0) is 23.7. The molecule has 1 aliphatic heterocycles. The maximum absolute atomic E-state index is 13.8. The number of aromatic nitrogens is 2. The van der Waals surface area contributed by atoms with E-state index in [-0.39, 0.29) is 17.9 Å². The summed E-state index contributed by atoms with van der Waals surface area (Å²) in [6, 6.07) is 12.6. The maximum Gasteiger partial charge on any atom is 0.321 e. The van der Waals surface area contributed by atoms with Crippen LogP contribution in [0.25, 0.3) is 11.0 Å². The van der Waals surface area contributed by atoms with E-state index in [1.807, 2.05) is 24.3 Å². The molecular formula is C24H26N4O5. The fourth-order valence-electron chi connectivity index (χ4n) is 4.33. The summed E-state index contributed by atoms with van der Waals surface area (Å²) in [6.45, 7) is 6.24. The van der Waals surface area contributed by atoms with Crippen LogP contribution in [0.3, 0.4) is 0 Å². The highest BCUT2D eigenvalue weighted by atomic mass is 16.6. The molecule has 0 saturated heterocycles. The first-order valence-corrected chi connectivity index (χ1v) is 11.0. The molecule has 0 saturated carbocycles. The van der Waals surface area contributed by atoms with Crippen molar-refractivity contribution in [2.75, 3.05) is 18.1 Å². The molecular weight excluding hydrogens is 424 g/mol. The standard InChI is InChI=1S/C24H26N4O5/c1-4-33-23(30)20-21(16-9-5-7-11-18(16)28(31)32)27-19-12-8-6-10-17(19)25-24(27)26(22(20)29)14-13-15(2)3/h5-12,15,20-21H,4,13-14H2,1-3H3. The largest absolute Gasteiger partial charge is 0.465 e. The molecule has 4 rings (SSSR count). The molecule has 1 aliphatic rings. The van der Waals surface area contributed by atoms with E-state index in [1.54, 1.807) is 29.7 Å². The van der Waals surface area contributed by atoms with Crippen LogP contribution in [0.2, 0.25) is 0 Å². The Morgan fingerprint density at radius 2 is 1.88 bits per heavy atom. The minimum atomic E-state index is -1.27. The van der Waals surface area contributed by atoms with Gasteiger partial charge in [-0.1, -0.05) is 44.2 Å². The third kappa shape index (κ3) is 3.94. The third-order valence-corrected chi connectivity index (χ3v) is 5.87. The van der Waals surface area contributed by atoms with Crippen LogP contribution in [0, 0.1) is 22.0 Å². The molecule has 9 heteroatoms. The number of benzene rings is 2. The Hall–Kier alpha value is -3.75. The zero-order valence-corrected chi connectivity index (χ0v) is 18.8. The molecule has 9 nitrogen and oxygen atoms in total. The van der Waals surface area contributed by atoms with Crippen molar-refractivity contribution < 1.29 is 19.2 Å². The lowest BCUT2D eigenvalue weighted by Gasteiger charge is -2.37. The van der Waals surface area contributed by atoms with Crippen molar-refractivity contribution in [2.45, 2.75) is 33.2 Å². The topological polar surface area (TPSA) is 108 Å². The number of nitro groups is 1. The number of hydrogen-bond acceptors (Lipinski definition) is 6. The van der Waals surface area contributed by atoms with E-state index in [1.165, 1.54) is 11.0 Å². The smallest absolute Gasteiger partial charge is 0.321 e. The predicted octanol–water partition coefficient (Wildman–Crippen LogP) is 4.11. The SMILES string of the molecule is CCOC(=O)C1C(=O)N(CCC(C)C)c2nc3ccccc3n2C1c1ccccc1[N+](=O)[O-]. The average molecular weight is 450 g/mol. The van der Waals surface area contributed by atoms with Crippen LogP contribution in [0.5, 0.6) is 0 Å². The van der Waals surface area contributed by atoms with Crippen LogP contribution >= 0.6 is 0 Å². The summed E-state index contributed by atoms with van der Waals surface area (Å²) in [7, 11) is 0. The molecule has 2 unspecified atom stereocenters. The number of carbonyl (C=O) groups excluding carboxylic acids is 2. The lowest BCUT2D eigenvalue weighted by molar-refractivity contribution is -0.385. The average Bonchev–Trinajstić information content (AvgIpc) is 3.16. The quantitative estimate of drug-likeness (QED) is 0.232. The van der Waals surface area contributed by atoms with Gasteiger partial charge in [0.2, 0.25) is 11.9 Å². The summed E-state index contributed by atoms with van der Waals surface area (Å²) < 4.78 is 7.07. The summed E-state index contributed by atoms with van der Waals surface area (Å²) in [5.41, 5.74) is 1.43. The number of hydrogen-bond donors (Lipinski definition) is 0. The Kier molecular flexibility index (Phi) is 6.13. The van der Waals surface area contributed by atoms with Gasteiger partial charge < -0.3 is 9.30 Å². The Morgan fingerprint density at radius 1 is 1.18 bits per heavy atom. The molecule has 0 N–H and O–H groups in total. The summed E-state index contributed by atoms with van der Waals surface area (Å²) >= 11 is 0. The van der Waals surface area contributed by atoms with E-state index in [9.17, 15) is 19.7 Å². The first kappa shape index (κ1) is 22.4. The number of nitrogens with zero attached hydrogens (tertiary/aromatic N) is 4. The predicted molar refractivity (Wildman–Crippen MR) is 123 cm³/mol. The Bertz CT molecular complexity index is 1220. The second-order valence-electron chi connectivity index (χ2n) is 8.43. The van der Waals surface area contributed by atoms with Crippen molar-refractivity contribution in [3.05, 3.63) is 64.2 Å². The number of anilines is 1. The van der Waals surface area contributed by atoms with Gasteiger partial charge >= 0.3 is 5.97 Å².